The number of amides is 1. The minimum Gasteiger partial charge on any atom is -0.356 e. The maximum absolute atomic E-state index is 11.8. The first-order valence-corrected chi connectivity index (χ1v) is 8.69. The highest BCUT2D eigenvalue weighted by Gasteiger charge is 2.08. The van der Waals surface area contributed by atoms with E-state index >= 15 is 0 Å². The van der Waals surface area contributed by atoms with E-state index in [1.807, 2.05) is 38.1 Å². The highest BCUT2D eigenvalue weighted by atomic mass is 79.9. The van der Waals surface area contributed by atoms with Gasteiger partial charge in [0.25, 0.3) is 0 Å². The molecule has 0 atom stereocenters. The van der Waals surface area contributed by atoms with Crippen molar-refractivity contribution in [1.29, 1.82) is 0 Å². The zero-order valence-corrected chi connectivity index (χ0v) is 15.0. The number of nitrogens with one attached hydrogen (secondary N) is 1. The zero-order chi connectivity index (χ0) is 16.2. The fraction of sp³-hybridized carbons (Fsp3) is 0.588. The minimum atomic E-state index is -0.158. The molecule has 4 nitrogen and oxygen atoms in total. The van der Waals surface area contributed by atoms with Crippen molar-refractivity contribution >= 4 is 21.8 Å². The third-order valence-corrected chi connectivity index (χ3v) is 3.73. The normalized spacial score (nSPS) is 10.9. The van der Waals surface area contributed by atoms with Gasteiger partial charge < -0.3 is 14.8 Å². The van der Waals surface area contributed by atoms with Gasteiger partial charge in [-0.15, -0.1) is 0 Å². The van der Waals surface area contributed by atoms with Crippen molar-refractivity contribution in [3.05, 3.63) is 34.3 Å². The summed E-state index contributed by atoms with van der Waals surface area (Å²) < 4.78 is 12.0. The highest BCUT2D eigenvalue weighted by molar-refractivity contribution is 9.10. The molecule has 1 aromatic rings. The molecule has 1 aromatic carbocycles. The first-order valence-electron chi connectivity index (χ1n) is 7.90. The van der Waals surface area contributed by atoms with E-state index in [-0.39, 0.29) is 12.2 Å². The lowest BCUT2D eigenvalue weighted by Gasteiger charge is -2.16. The summed E-state index contributed by atoms with van der Waals surface area (Å²) in [5, 5.41) is 2.94. The standard InChI is InChI=1S/C17H26BrNO3/c1-3-21-17(22-4-2)6-5-13-19-16(20)12-9-14-7-10-15(18)11-8-14/h7-8,10-11,17H,3-6,9,12-13H2,1-2H3,(H,19,20). The smallest absolute Gasteiger partial charge is 0.220 e. The molecular weight excluding hydrogens is 346 g/mol. The predicted molar refractivity (Wildman–Crippen MR) is 91.7 cm³/mol. The molecular formula is C17H26BrNO3. The van der Waals surface area contributed by atoms with Gasteiger partial charge in [-0.25, -0.2) is 0 Å². The Morgan fingerprint density at radius 3 is 2.41 bits per heavy atom. The monoisotopic (exact) mass is 371 g/mol. The maximum Gasteiger partial charge on any atom is 0.220 e. The second-order valence-corrected chi connectivity index (χ2v) is 5.87. The van der Waals surface area contributed by atoms with Crippen LogP contribution >= 0.6 is 15.9 Å². The van der Waals surface area contributed by atoms with E-state index in [1.165, 1.54) is 5.56 Å². The van der Waals surface area contributed by atoms with Gasteiger partial charge in [0, 0.05) is 37.1 Å². The average Bonchev–Trinajstić information content (AvgIpc) is 2.51. The van der Waals surface area contributed by atoms with Crippen molar-refractivity contribution < 1.29 is 14.3 Å². The summed E-state index contributed by atoms with van der Waals surface area (Å²) in [6.45, 7) is 5.86. The molecule has 22 heavy (non-hydrogen) atoms. The number of hydrogen-bond donors (Lipinski definition) is 1. The summed E-state index contributed by atoms with van der Waals surface area (Å²) in [5.41, 5.74) is 1.17. The Labute approximate surface area is 141 Å². The van der Waals surface area contributed by atoms with E-state index in [2.05, 4.69) is 21.2 Å². The summed E-state index contributed by atoms with van der Waals surface area (Å²) in [4.78, 5) is 11.8. The van der Waals surface area contributed by atoms with Crippen LogP contribution in [0.5, 0.6) is 0 Å². The van der Waals surface area contributed by atoms with Crippen molar-refractivity contribution in [1.82, 2.24) is 5.32 Å². The van der Waals surface area contributed by atoms with Crippen molar-refractivity contribution in [2.45, 2.75) is 45.8 Å². The highest BCUT2D eigenvalue weighted by Crippen LogP contribution is 2.11. The van der Waals surface area contributed by atoms with Gasteiger partial charge in [0.15, 0.2) is 6.29 Å². The molecule has 1 rings (SSSR count). The van der Waals surface area contributed by atoms with Crippen LogP contribution in [0.4, 0.5) is 0 Å². The van der Waals surface area contributed by atoms with Crippen LogP contribution in [0.25, 0.3) is 0 Å². The number of hydrogen-bond acceptors (Lipinski definition) is 3. The lowest BCUT2D eigenvalue weighted by atomic mass is 10.1. The Hall–Kier alpha value is -0.910. The summed E-state index contributed by atoms with van der Waals surface area (Å²) in [6, 6.07) is 8.06. The first kappa shape index (κ1) is 19.1. The molecule has 1 amide bonds. The van der Waals surface area contributed by atoms with Gasteiger partial charge in [-0.1, -0.05) is 28.1 Å². The molecule has 0 heterocycles. The number of carbonyl (C=O) groups is 1. The Bertz CT molecular complexity index is 416. The van der Waals surface area contributed by atoms with E-state index < -0.39 is 0 Å². The molecule has 0 saturated heterocycles. The number of aryl methyl sites for hydroxylation is 1. The van der Waals surface area contributed by atoms with Crippen LogP contribution < -0.4 is 5.32 Å². The molecule has 1 N–H and O–H groups in total. The number of halogens is 1. The molecule has 5 heteroatoms. The fourth-order valence-electron chi connectivity index (χ4n) is 2.08. The molecule has 0 aliphatic rings. The minimum absolute atomic E-state index is 0.0901. The molecule has 0 aromatic heterocycles. The summed E-state index contributed by atoms with van der Waals surface area (Å²) in [6.07, 6.45) is 2.78. The first-order chi connectivity index (χ1) is 10.7. The number of ether oxygens (including phenoxy) is 2. The Morgan fingerprint density at radius 2 is 1.82 bits per heavy atom. The Balaban J connectivity index is 2.13. The van der Waals surface area contributed by atoms with E-state index in [4.69, 9.17) is 9.47 Å². The van der Waals surface area contributed by atoms with E-state index in [1.54, 1.807) is 0 Å². The van der Waals surface area contributed by atoms with Crippen LogP contribution in [-0.2, 0) is 20.7 Å². The molecule has 0 aliphatic heterocycles. The van der Waals surface area contributed by atoms with Gasteiger partial charge in [-0.2, -0.15) is 0 Å². The predicted octanol–water partition coefficient (Wildman–Crippen LogP) is 3.68. The van der Waals surface area contributed by atoms with E-state index in [0.717, 1.165) is 23.7 Å². The molecule has 0 fully saturated rings. The number of rotatable bonds is 11. The molecule has 124 valence electrons. The largest absolute Gasteiger partial charge is 0.356 e. The van der Waals surface area contributed by atoms with Crippen LogP contribution in [0.2, 0.25) is 0 Å². The van der Waals surface area contributed by atoms with Gasteiger partial charge >= 0.3 is 0 Å². The van der Waals surface area contributed by atoms with Crippen molar-refractivity contribution in [2.75, 3.05) is 19.8 Å². The summed E-state index contributed by atoms with van der Waals surface area (Å²) >= 11 is 3.40. The van der Waals surface area contributed by atoms with Gasteiger partial charge in [0.1, 0.15) is 0 Å². The fourth-order valence-corrected chi connectivity index (χ4v) is 2.34. The van der Waals surface area contributed by atoms with Crippen molar-refractivity contribution in [2.24, 2.45) is 0 Å². The van der Waals surface area contributed by atoms with Crippen molar-refractivity contribution in [3.8, 4) is 0 Å². The third-order valence-electron chi connectivity index (χ3n) is 3.20. The molecule has 0 bridgehead atoms. The maximum atomic E-state index is 11.8. The van der Waals surface area contributed by atoms with Crippen LogP contribution in [0.3, 0.4) is 0 Å². The van der Waals surface area contributed by atoms with Crippen LogP contribution in [-0.4, -0.2) is 32.0 Å². The van der Waals surface area contributed by atoms with Gasteiger partial charge in [-0.3, -0.25) is 4.79 Å². The van der Waals surface area contributed by atoms with Crippen LogP contribution in [0.1, 0.15) is 38.7 Å². The quantitative estimate of drug-likeness (QED) is 0.476. The molecule has 0 unspecified atom stereocenters. The third kappa shape index (κ3) is 8.51. The Morgan fingerprint density at radius 1 is 1.18 bits per heavy atom. The summed E-state index contributed by atoms with van der Waals surface area (Å²) in [7, 11) is 0. The lowest BCUT2D eigenvalue weighted by Crippen LogP contribution is -2.26. The van der Waals surface area contributed by atoms with Gasteiger partial charge in [0.05, 0.1) is 0 Å². The topological polar surface area (TPSA) is 47.6 Å². The average molecular weight is 372 g/mol. The van der Waals surface area contributed by atoms with E-state index in [9.17, 15) is 4.79 Å². The SMILES string of the molecule is CCOC(CCCNC(=O)CCc1ccc(Br)cc1)OCC. The molecule has 0 aliphatic carbocycles. The molecule has 0 spiro atoms. The van der Waals surface area contributed by atoms with Crippen LogP contribution in [0, 0.1) is 0 Å². The zero-order valence-electron chi connectivity index (χ0n) is 13.4. The van der Waals surface area contributed by atoms with Gasteiger partial charge in [0.2, 0.25) is 5.91 Å². The summed E-state index contributed by atoms with van der Waals surface area (Å²) in [5.74, 6) is 0.0901. The van der Waals surface area contributed by atoms with Crippen molar-refractivity contribution in [3.63, 3.8) is 0 Å². The van der Waals surface area contributed by atoms with E-state index in [0.29, 0.717) is 26.2 Å². The van der Waals surface area contributed by atoms with Gasteiger partial charge in [-0.05, 0) is 44.4 Å². The molecule has 0 saturated carbocycles. The second-order valence-electron chi connectivity index (χ2n) is 4.96. The van der Waals surface area contributed by atoms with Crippen LogP contribution in [0.15, 0.2) is 28.7 Å². The lowest BCUT2D eigenvalue weighted by molar-refractivity contribution is -0.140. The number of benzene rings is 1. The molecule has 0 radical (unpaired) electrons. The number of carbonyl (C=O) groups excluding carboxylic acids is 1. The second kappa shape index (κ2) is 11.6. The Kier molecular flexibility index (Phi) is 10.1.